The van der Waals surface area contributed by atoms with Crippen molar-refractivity contribution in [1.82, 2.24) is 4.90 Å². The van der Waals surface area contributed by atoms with Gasteiger partial charge in [-0.25, -0.2) is 4.39 Å². The molecule has 0 spiro atoms. The summed E-state index contributed by atoms with van der Waals surface area (Å²) < 4.78 is 53.6. The van der Waals surface area contributed by atoms with Gasteiger partial charge in [-0.2, -0.15) is 13.2 Å². The fourth-order valence-electron chi connectivity index (χ4n) is 3.00. The molecule has 3 rings (SSSR count). The molecule has 1 heterocycles. The minimum Gasteiger partial charge on any atom is -0.352 e. The number of alkyl halides is 3. The monoisotopic (exact) mass is 382 g/mol. The zero-order valence-electron chi connectivity index (χ0n) is 13.6. The van der Waals surface area contributed by atoms with Crippen LogP contribution in [0, 0.1) is 11.2 Å². The van der Waals surface area contributed by atoms with Gasteiger partial charge < -0.3 is 4.90 Å². The van der Waals surface area contributed by atoms with E-state index in [1.54, 1.807) is 6.07 Å². The molecule has 0 radical (unpaired) electrons. The number of nitrogens with one attached hydrogen (secondary N) is 1. The van der Waals surface area contributed by atoms with Gasteiger partial charge in [0.25, 0.3) is 0 Å². The lowest BCUT2D eigenvalue weighted by atomic mass is 9.98. The molecule has 0 atom stereocenters. The molecular formula is C19H15ClF4N2. The Kier molecular flexibility index (Phi) is 5.05. The second-order valence-corrected chi connectivity index (χ2v) is 6.32. The maximum Gasteiger partial charge on any atom is 0.417 e. The highest BCUT2D eigenvalue weighted by molar-refractivity contribution is 6.32. The summed E-state index contributed by atoms with van der Waals surface area (Å²) in [6.07, 6.45) is -2.41. The molecule has 26 heavy (non-hydrogen) atoms. The predicted octanol–water partition coefficient (Wildman–Crippen LogP) is 5.61. The summed E-state index contributed by atoms with van der Waals surface area (Å²) in [5.41, 5.74) is -0.0237. The first-order chi connectivity index (χ1) is 12.3. The van der Waals surface area contributed by atoms with Crippen molar-refractivity contribution < 1.29 is 17.6 Å². The van der Waals surface area contributed by atoms with Crippen LogP contribution in [0.15, 0.2) is 48.5 Å². The molecule has 0 fully saturated rings. The highest BCUT2D eigenvalue weighted by atomic mass is 35.5. The van der Waals surface area contributed by atoms with Crippen molar-refractivity contribution >= 4 is 23.0 Å². The largest absolute Gasteiger partial charge is 0.417 e. The van der Waals surface area contributed by atoms with Crippen molar-refractivity contribution in [1.29, 1.82) is 5.41 Å². The van der Waals surface area contributed by atoms with Crippen LogP contribution in [0.5, 0.6) is 0 Å². The van der Waals surface area contributed by atoms with Crippen molar-refractivity contribution in [3.63, 3.8) is 0 Å². The fraction of sp³-hybridized carbons (Fsp3) is 0.211. The molecule has 136 valence electrons. The van der Waals surface area contributed by atoms with Crippen molar-refractivity contribution in [2.45, 2.75) is 12.6 Å². The molecule has 0 unspecified atom stereocenters. The summed E-state index contributed by atoms with van der Waals surface area (Å²) >= 11 is 6.17. The molecule has 0 aromatic heterocycles. The molecule has 2 aromatic carbocycles. The Morgan fingerprint density at radius 1 is 1.08 bits per heavy atom. The van der Waals surface area contributed by atoms with Crippen LogP contribution in [-0.4, -0.2) is 23.8 Å². The van der Waals surface area contributed by atoms with Gasteiger partial charge in [-0.05, 0) is 35.8 Å². The minimum atomic E-state index is -4.72. The number of amidine groups is 1. The van der Waals surface area contributed by atoms with Gasteiger partial charge in [0, 0.05) is 18.1 Å². The van der Waals surface area contributed by atoms with Crippen molar-refractivity contribution in [3.8, 4) is 0 Å². The molecule has 1 N–H and O–H groups in total. The van der Waals surface area contributed by atoms with E-state index in [0.717, 1.165) is 29.3 Å². The SMILES string of the molecule is N=C(c1c(F)cccc1C(F)(F)F)N1CC=C(c2ccccc2Cl)CC1. The topological polar surface area (TPSA) is 27.1 Å². The maximum atomic E-state index is 14.1. The van der Waals surface area contributed by atoms with Crippen molar-refractivity contribution in [3.05, 3.63) is 76.1 Å². The summed E-state index contributed by atoms with van der Waals surface area (Å²) in [6, 6.07) is 10.0. The first-order valence-electron chi connectivity index (χ1n) is 7.92. The van der Waals surface area contributed by atoms with E-state index < -0.39 is 29.0 Å². The van der Waals surface area contributed by atoms with Gasteiger partial charge >= 0.3 is 6.18 Å². The number of hydrogen-bond donors (Lipinski definition) is 1. The lowest BCUT2D eigenvalue weighted by Gasteiger charge is -2.30. The number of benzene rings is 2. The summed E-state index contributed by atoms with van der Waals surface area (Å²) in [6.45, 7) is 0.520. The third-order valence-electron chi connectivity index (χ3n) is 4.30. The standard InChI is InChI=1S/C19H15ClF4N2/c20-15-6-2-1-4-13(15)12-8-10-26(11-9-12)18(25)17-14(19(22,23)24)5-3-7-16(17)21/h1-8,25H,9-11H2. The van der Waals surface area contributed by atoms with Crippen molar-refractivity contribution in [2.24, 2.45) is 0 Å². The quantitative estimate of drug-likeness (QED) is 0.408. The molecule has 0 bridgehead atoms. The second kappa shape index (κ2) is 7.11. The van der Waals surface area contributed by atoms with Gasteiger partial charge in [0.1, 0.15) is 11.7 Å². The van der Waals surface area contributed by atoms with Crippen molar-refractivity contribution in [2.75, 3.05) is 13.1 Å². The molecular weight excluding hydrogens is 368 g/mol. The van der Waals surface area contributed by atoms with Crippen LogP contribution in [0.2, 0.25) is 5.02 Å². The molecule has 0 saturated carbocycles. The number of nitrogens with zero attached hydrogens (tertiary/aromatic N) is 1. The van der Waals surface area contributed by atoms with Gasteiger partial charge in [0.15, 0.2) is 0 Å². The normalized spacial score (nSPS) is 15.0. The number of hydrogen-bond acceptors (Lipinski definition) is 1. The van der Waals surface area contributed by atoms with Crippen LogP contribution < -0.4 is 0 Å². The third kappa shape index (κ3) is 3.60. The Balaban J connectivity index is 1.87. The first kappa shape index (κ1) is 18.5. The fourth-order valence-corrected chi connectivity index (χ4v) is 3.25. The molecule has 2 nitrogen and oxygen atoms in total. The van der Waals surface area contributed by atoms with Crippen LogP contribution in [0.4, 0.5) is 17.6 Å². The zero-order chi connectivity index (χ0) is 18.9. The Morgan fingerprint density at radius 3 is 2.42 bits per heavy atom. The average molecular weight is 383 g/mol. The van der Waals surface area contributed by atoms with E-state index in [1.165, 1.54) is 4.90 Å². The summed E-state index contributed by atoms with van der Waals surface area (Å²) in [7, 11) is 0. The summed E-state index contributed by atoms with van der Waals surface area (Å²) in [5, 5.41) is 8.72. The Labute approximate surface area is 153 Å². The third-order valence-corrected chi connectivity index (χ3v) is 4.63. The molecule has 2 aromatic rings. The maximum absolute atomic E-state index is 14.1. The summed E-state index contributed by atoms with van der Waals surface area (Å²) in [5.74, 6) is -1.52. The van der Waals surface area contributed by atoms with Crippen LogP contribution in [0.1, 0.15) is 23.1 Å². The number of rotatable bonds is 2. The predicted molar refractivity (Wildman–Crippen MR) is 93.8 cm³/mol. The molecule has 7 heteroatoms. The van der Waals surface area contributed by atoms with Gasteiger partial charge in [-0.1, -0.05) is 41.9 Å². The Bertz CT molecular complexity index is 874. The second-order valence-electron chi connectivity index (χ2n) is 5.91. The smallest absolute Gasteiger partial charge is 0.352 e. The van der Waals surface area contributed by atoms with E-state index in [1.807, 2.05) is 24.3 Å². The highest BCUT2D eigenvalue weighted by Gasteiger charge is 2.36. The molecule has 0 amide bonds. The number of halogens is 5. The van der Waals surface area contributed by atoms with E-state index in [2.05, 4.69) is 0 Å². The molecule has 1 aliphatic rings. The Morgan fingerprint density at radius 2 is 1.81 bits per heavy atom. The van der Waals surface area contributed by atoms with Crippen LogP contribution in [0.3, 0.4) is 0 Å². The summed E-state index contributed by atoms with van der Waals surface area (Å²) in [4.78, 5) is 1.42. The van der Waals surface area contributed by atoms with E-state index in [4.69, 9.17) is 17.0 Å². The molecule has 0 saturated heterocycles. The van der Waals surface area contributed by atoms with E-state index in [0.29, 0.717) is 18.0 Å². The van der Waals surface area contributed by atoms with Gasteiger partial charge in [0.05, 0.1) is 11.1 Å². The zero-order valence-corrected chi connectivity index (χ0v) is 14.3. The lowest BCUT2D eigenvalue weighted by molar-refractivity contribution is -0.138. The average Bonchev–Trinajstić information content (AvgIpc) is 2.61. The lowest BCUT2D eigenvalue weighted by Crippen LogP contribution is -2.36. The van der Waals surface area contributed by atoms with E-state index in [9.17, 15) is 17.6 Å². The van der Waals surface area contributed by atoms with E-state index in [-0.39, 0.29) is 6.54 Å². The van der Waals surface area contributed by atoms with Crippen LogP contribution in [-0.2, 0) is 6.18 Å². The van der Waals surface area contributed by atoms with E-state index >= 15 is 0 Å². The van der Waals surface area contributed by atoms with Gasteiger partial charge in [-0.3, -0.25) is 5.41 Å². The molecule has 0 aliphatic carbocycles. The Hall–Kier alpha value is -2.34. The molecule has 1 aliphatic heterocycles. The minimum absolute atomic E-state index is 0.213. The van der Waals surface area contributed by atoms with Crippen LogP contribution >= 0.6 is 11.6 Å². The first-order valence-corrected chi connectivity index (χ1v) is 8.30. The van der Waals surface area contributed by atoms with Gasteiger partial charge in [-0.15, -0.1) is 0 Å². The van der Waals surface area contributed by atoms with Crippen LogP contribution in [0.25, 0.3) is 5.57 Å². The van der Waals surface area contributed by atoms with Gasteiger partial charge in [0.2, 0.25) is 0 Å². The highest BCUT2D eigenvalue weighted by Crippen LogP contribution is 2.34.